The Morgan fingerprint density at radius 1 is 1.11 bits per heavy atom. The summed E-state index contributed by atoms with van der Waals surface area (Å²) < 4.78 is 22.9. The molecule has 1 N–H and O–H groups in total. The quantitative estimate of drug-likeness (QED) is 0.340. The number of amidine groups is 1. The second-order valence-electron chi connectivity index (χ2n) is 11.0. The molecular weight excluding hydrogens is 580 g/mol. The molecule has 3 aliphatic heterocycles. The molecule has 3 aliphatic rings. The van der Waals surface area contributed by atoms with Gasteiger partial charge in [-0.3, -0.25) is 9.69 Å². The number of methoxy groups -OCH3 is 1. The topological polar surface area (TPSA) is 102 Å². The summed E-state index contributed by atoms with van der Waals surface area (Å²) in [6, 6.07) is 15.0. The number of allylic oxidation sites excluding steroid dienone is 1. The van der Waals surface area contributed by atoms with E-state index < -0.39 is 12.0 Å². The van der Waals surface area contributed by atoms with Crippen molar-refractivity contribution in [2.75, 3.05) is 46.5 Å². The summed E-state index contributed by atoms with van der Waals surface area (Å²) in [4.78, 5) is 35.7. The van der Waals surface area contributed by atoms with Crippen LogP contribution in [0.4, 0.5) is 0 Å². The van der Waals surface area contributed by atoms with E-state index in [2.05, 4.69) is 10.2 Å². The lowest BCUT2D eigenvalue weighted by Crippen LogP contribution is -2.42. The Bertz CT molecular complexity index is 1440. The average molecular weight is 621 g/mol. The molecule has 1 atom stereocenters. The van der Waals surface area contributed by atoms with Crippen LogP contribution in [0.3, 0.4) is 0 Å². The third-order valence-electron chi connectivity index (χ3n) is 7.50. The van der Waals surface area contributed by atoms with Crippen LogP contribution in [0.25, 0.3) is 0 Å². The van der Waals surface area contributed by atoms with E-state index in [0.717, 1.165) is 49.7 Å². The zero-order chi connectivity index (χ0) is 31.1. The van der Waals surface area contributed by atoms with Gasteiger partial charge in [0.1, 0.15) is 6.61 Å². The standard InChI is InChI=1S/C33H40N4O6S/c1-22(2)43-32(39)30-23(3)35-33-37(26(21-44-33)19-29(38)34-12-13-36-14-16-41-17-15-36)31(30)25-10-11-27(28(18-25)40-4)42-20-24-8-6-5-7-9-24/h5-11,18,21-22,31H,12-17,19-20H2,1-4H3,(H,34,38)/t31-/m0/s1. The number of hydrogen-bond donors (Lipinski definition) is 1. The summed E-state index contributed by atoms with van der Waals surface area (Å²) in [5.41, 5.74) is 3.58. The minimum atomic E-state index is -0.576. The first-order valence-corrected chi connectivity index (χ1v) is 15.8. The molecule has 44 heavy (non-hydrogen) atoms. The Labute approximate surface area is 263 Å². The van der Waals surface area contributed by atoms with E-state index in [4.69, 9.17) is 23.9 Å². The van der Waals surface area contributed by atoms with E-state index in [1.165, 1.54) is 11.8 Å². The Morgan fingerprint density at radius 2 is 1.89 bits per heavy atom. The first-order chi connectivity index (χ1) is 21.3. The number of esters is 1. The monoisotopic (exact) mass is 620 g/mol. The van der Waals surface area contributed by atoms with E-state index in [9.17, 15) is 9.59 Å². The molecule has 11 heteroatoms. The number of hydrogen-bond acceptors (Lipinski definition) is 10. The van der Waals surface area contributed by atoms with Crippen LogP contribution in [0.2, 0.25) is 0 Å². The van der Waals surface area contributed by atoms with Crippen molar-refractivity contribution in [2.45, 2.75) is 45.9 Å². The van der Waals surface area contributed by atoms with E-state index >= 15 is 0 Å². The van der Waals surface area contributed by atoms with E-state index in [-0.39, 0.29) is 18.4 Å². The van der Waals surface area contributed by atoms with Crippen LogP contribution in [0, 0.1) is 0 Å². The van der Waals surface area contributed by atoms with Crippen LogP contribution in [0.1, 0.15) is 44.4 Å². The van der Waals surface area contributed by atoms with Gasteiger partial charge in [0.05, 0.1) is 50.2 Å². The number of carbonyl (C=O) groups excluding carboxylic acids is 2. The molecule has 5 rings (SSSR count). The molecular formula is C33H40N4O6S. The predicted octanol–water partition coefficient (Wildman–Crippen LogP) is 4.64. The molecule has 0 aromatic heterocycles. The van der Waals surface area contributed by atoms with Gasteiger partial charge in [-0.15, -0.1) is 0 Å². The van der Waals surface area contributed by atoms with E-state index in [1.54, 1.807) is 7.11 Å². The number of carbonyl (C=O) groups is 2. The van der Waals surface area contributed by atoms with Crippen molar-refractivity contribution < 1.29 is 28.5 Å². The number of ether oxygens (including phenoxy) is 4. The zero-order valence-corrected chi connectivity index (χ0v) is 26.5. The highest BCUT2D eigenvalue weighted by Gasteiger charge is 2.41. The minimum absolute atomic E-state index is 0.0927. The molecule has 0 aliphatic carbocycles. The Morgan fingerprint density at radius 3 is 2.61 bits per heavy atom. The van der Waals surface area contributed by atoms with Crippen molar-refractivity contribution in [1.29, 1.82) is 0 Å². The van der Waals surface area contributed by atoms with Crippen molar-refractivity contribution in [1.82, 2.24) is 15.1 Å². The van der Waals surface area contributed by atoms with Gasteiger partial charge in [0.15, 0.2) is 16.7 Å². The van der Waals surface area contributed by atoms with E-state index in [1.807, 2.05) is 79.6 Å². The van der Waals surface area contributed by atoms with Gasteiger partial charge in [0.2, 0.25) is 5.91 Å². The number of fused-ring (bicyclic) bond motifs is 1. The van der Waals surface area contributed by atoms with Gasteiger partial charge < -0.3 is 29.2 Å². The van der Waals surface area contributed by atoms with Crippen LogP contribution in [0.15, 0.2) is 75.9 Å². The lowest BCUT2D eigenvalue weighted by Gasteiger charge is -2.36. The number of aliphatic imine (C=N–C) groups is 1. The normalized spacial score (nSPS) is 18.5. The molecule has 1 amide bonds. The van der Waals surface area contributed by atoms with Gasteiger partial charge in [0.25, 0.3) is 0 Å². The molecule has 234 valence electrons. The maximum absolute atomic E-state index is 13.5. The predicted molar refractivity (Wildman–Crippen MR) is 170 cm³/mol. The maximum atomic E-state index is 13.5. The van der Waals surface area contributed by atoms with Crippen molar-refractivity contribution in [3.8, 4) is 11.5 Å². The van der Waals surface area contributed by atoms with Crippen molar-refractivity contribution >= 4 is 28.8 Å². The fourth-order valence-corrected chi connectivity index (χ4v) is 6.30. The lowest BCUT2D eigenvalue weighted by atomic mass is 9.93. The summed E-state index contributed by atoms with van der Waals surface area (Å²) >= 11 is 1.44. The number of benzene rings is 2. The Hall–Kier alpha value is -3.80. The van der Waals surface area contributed by atoms with Gasteiger partial charge in [-0.2, -0.15) is 0 Å². The molecule has 0 radical (unpaired) electrons. The largest absolute Gasteiger partial charge is 0.493 e. The highest BCUT2D eigenvalue weighted by Crippen LogP contribution is 2.46. The summed E-state index contributed by atoms with van der Waals surface area (Å²) in [6.07, 6.45) is -0.163. The summed E-state index contributed by atoms with van der Waals surface area (Å²) in [6.45, 7) is 10.3. The van der Waals surface area contributed by atoms with Crippen molar-refractivity contribution in [2.24, 2.45) is 4.99 Å². The fourth-order valence-electron chi connectivity index (χ4n) is 5.34. The summed E-state index contributed by atoms with van der Waals surface area (Å²) in [5, 5.41) is 5.69. The van der Waals surface area contributed by atoms with Gasteiger partial charge >= 0.3 is 5.97 Å². The zero-order valence-electron chi connectivity index (χ0n) is 25.7. The molecule has 1 fully saturated rings. The Balaban J connectivity index is 1.39. The fraction of sp³-hybridized carbons (Fsp3) is 0.424. The maximum Gasteiger partial charge on any atom is 0.338 e. The van der Waals surface area contributed by atoms with Crippen LogP contribution in [0.5, 0.6) is 11.5 Å². The number of nitrogens with one attached hydrogen (secondary N) is 1. The molecule has 0 bridgehead atoms. The number of rotatable bonds is 12. The highest BCUT2D eigenvalue weighted by molar-refractivity contribution is 8.16. The smallest absolute Gasteiger partial charge is 0.338 e. The third-order valence-corrected chi connectivity index (χ3v) is 8.39. The number of nitrogens with zero attached hydrogens (tertiary/aromatic N) is 3. The van der Waals surface area contributed by atoms with Crippen LogP contribution in [-0.2, 0) is 25.7 Å². The highest BCUT2D eigenvalue weighted by atomic mass is 32.2. The summed E-state index contributed by atoms with van der Waals surface area (Å²) in [7, 11) is 1.59. The van der Waals surface area contributed by atoms with Crippen LogP contribution < -0.4 is 14.8 Å². The Kier molecular flexibility index (Phi) is 10.6. The van der Waals surface area contributed by atoms with Crippen LogP contribution >= 0.6 is 11.8 Å². The summed E-state index contributed by atoms with van der Waals surface area (Å²) in [5.74, 6) is 0.586. The van der Waals surface area contributed by atoms with Gasteiger partial charge in [0, 0.05) is 31.9 Å². The molecule has 0 spiro atoms. The number of amides is 1. The first-order valence-electron chi connectivity index (χ1n) is 14.9. The molecule has 0 unspecified atom stereocenters. The van der Waals surface area contributed by atoms with E-state index in [0.29, 0.717) is 41.1 Å². The van der Waals surface area contributed by atoms with Gasteiger partial charge in [-0.1, -0.05) is 48.2 Å². The van der Waals surface area contributed by atoms with Gasteiger partial charge in [-0.25, -0.2) is 9.79 Å². The SMILES string of the molecule is COc1cc([C@H]2C(C(=O)OC(C)C)=C(C)N=C3SC=C(CC(=O)NCCN4CCOCC4)N32)ccc1OCc1ccccc1. The second-order valence-corrected chi connectivity index (χ2v) is 11.8. The van der Waals surface area contributed by atoms with Crippen molar-refractivity contribution in [3.63, 3.8) is 0 Å². The van der Waals surface area contributed by atoms with Crippen LogP contribution in [-0.4, -0.2) is 79.5 Å². The first kappa shape index (κ1) is 31.6. The molecule has 2 aromatic carbocycles. The molecule has 1 saturated heterocycles. The average Bonchev–Trinajstić information content (AvgIpc) is 3.41. The van der Waals surface area contributed by atoms with Gasteiger partial charge in [-0.05, 0) is 49.4 Å². The molecule has 10 nitrogen and oxygen atoms in total. The third kappa shape index (κ3) is 7.64. The number of thioether (sulfide) groups is 1. The molecule has 0 saturated carbocycles. The second kappa shape index (κ2) is 14.8. The molecule has 2 aromatic rings. The molecule has 3 heterocycles. The van der Waals surface area contributed by atoms with Crippen molar-refractivity contribution in [3.05, 3.63) is 82.0 Å². The minimum Gasteiger partial charge on any atom is -0.493 e. The lowest BCUT2D eigenvalue weighted by molar-refractivity contribution is -0.143. The number of morpholine rings is 1.